The van der Waals surface area contributed by atoms with Gasteiger partial charge in [-0.15, -0.1) is 5.10 Å². The van der Waals surface area contributed by atoms with Crippen molar-refractivity contribution in [3.63, 3.8) is 0 Å². The van der Waals surface area contributed by atoms with Gasteiger partial charge in [0.1, 0.15) is 0 Å². The van der Waals surface area contributed by atoms with Gasteiger partial charge in [0.2, 0.25) is 5.82 Å². The molecule has 0 amide bonds. The number of aromatic nitrogens is 3. The molecule has 0 aliphatic heterocycles. The highest BCUT2D eigenvalue weighted by Crippen LogP contribution is 1.88. The van der Waals surface area contributed by atoms with E-state index >= 15 is 0 Å². The average Bonchev–Trinajstić information content (AvgIpc) is 2.23. The Morgan fingerprint density at radius 1 is 1.40 bits per heavy atom. The molecular weight excluding hydrogens is 198 g/mol. The highest BCUT2D eigenvalue weighted by molar-refractivity contribution is 5.29. The van der Waals surface area contributed by atoms with E-state index in [2.05, 4.69) is 10.4 Å². The molecule has 3 N–H and O–H groups in total. The zero-order valence-electron chi connectivity index (χ0n) is 8.86. The molecule has 1 rings (SSSR count). The molecule has 7 heteroatoms. The molecule has 0 fully saturated rings. The van der Waals surface area contributed by atoms with Crippen LogP contribution in [0.1, 0.15) is 6.42 Å². The number of nitrogens with two attached hydrogens (primary N) is 1. The first-order chi connectivity index (χ1) is 7.07. The molecule has 0 unspecified atom stereocenters. The van der Waals surface area contributed by atoms with Crippen molar-refractivity contribution < 1.29 is 0 Å². The normalized spacial score (nSPS) is 10.3. The topological polar surface area (TPSA) is 94.9 Å². The second-order valence-corrected chi connectivity index (χ2v) is 3.19. The van der Waals surface area contributed by atoms with E-state index in [9.17, 15) is 9.59 Å². The van der Waals surface area contributed by atoms with Crippen molar-refractivity contribution in [1.29, 1.82) is 0 Å². The number of anilines is 1. The molecule has 0 bridgehead atoms. The van der Waals surface area contributed by atoms with E-state index in [1.165, 1.54) is 14.1 Å². The van der Waals surface area contributed by atoms with Crippen LogP contribution < -0.4 is 22.3 Å². The summed E-state index contributed by atoms with van der Waals surface area (Å²) in [4.78, 5) is 22.8. The first-order valence-corrected chi connectivity index (χ1v) is 4.66. The zero-order valence-corrected chi connectivity index (χ0v) is 8.86. The summed E-state index contributed by atoms with van der Waals surface area (Å²) in [6.07, 6.45) is 0.744. The lowest BCUT2D eigenvalue weighted by molar-refractivity contribution is 0.603. The summed E-state index contributed by atoms with van der Waals surface area (Å²) < 4.78 is 2.13. The second kappa shape index (κ2) is 4.74. The van der Waals surface area contributed by atoms with Crippen molar-refractivity contribution in [2.24, 2.45) is 19.8 Å². The molecule has 0 atom stereocenters. The minimum absolute atomic E-state index is 0.174. The number of hydrogen-bond donors (Lipinski definition) is 2. The van der Waals surface area contributed by atoms with Crippen LogP contribution in [0.25, 0.3) is 0 Å². The largest absolute Gasteiger partial charge is 0.364 e. The van der Waals surface area contributed by atoms with Crippen molar-refractivity contribution in [2.45, 2.75) is 6.42 Å². The Balaban J connectivity index is 3.00. The summed E-state index contributed by atoms with van der Waals surface area (Å²) in [6.45, 7) is 1.11. The third-order valence-electron chi connectivity index (χ3n) is 1.99. The van der Waals surface area contributed by atoms with Gasteiger partial charge in [-0.25, -0.2) is 9.48 Å². The second-order valence-electron chi connectivity index (χ2n) is 3.19. The van der Waals surface area contributed by atoms with Crippen LogP contribution in [-0.4, -0.2) is 27.4 Å². The van der Waals surface area contributed by atoms with E-state index in [1.54, 1.807) is 0 Å². The maximum atomic E-state index is 11.5. The third-order valence-corrected chi connectivity index (χ3v) is 1.99. The van der Waals surface area contributed by atoms with Crippen LogP contribution in [0.15, 0.2) is 9.59 Å². The quantitative estimate of drug-likeness (QED) is 0.578. The van der Waals surface area contributed by atoms with Crippen molar-refractivity contribution >= 4 is 5.82 Å². The Morgan fingerprint density at radius 3 is 2.67 bits per heavy atom. The van der Waals surface area contributed by atoms with Gasteiger partial charge in [0, 0.05) is 20.6 Å². The van der Waals surface area contributed by atoms with Crippen molar-refractivity contribution in [1.82, 2.24) is 14.3 Å². The summed E-state index contributed by atoms with van der Waals surface area (Å²) in [5.74, 6) is 0.174. The monoisotopic (exact) mass is 213 g/mol. The Bertz CT molecular complexity index is 447. The van der Waals surface area contributed by atoms with Crippen LogP contribution in [0.3, 0.4) is 0 Å². The molecule has 1 aromatic rings. The molecule has 7 nitrogen and oxygen atoms in total. The lowest BCUT2D eigenvalue weighted by Gasteiger charge is -2.06. The SMILES string of the molecule is Cn1nc(NCCCN)c(=O)n(C)c1=O. The number of hydrogen-bond acceptors (Lipinski definition) is 5. The first-order valence-electron chi connectivity index (χ1n) is 4.66. The molecule has 0 radical (unpaired) electrons. The van der Waals surface area contributed by atoms with Crippen molar-refractivity contribution in [3.8, 4) is 0 Å². The summed E-state index contributed by atoms with van der Waals surface area (Å²) in [7, 11) is 2.91. The fourth-order valence-corrected chi connectivity index (χ4v) is 1.12. The first kappa shape index (κ1) is 11.4. The molecular formula is C8H15N5O2. The van der Waals surface area contributed by atoms with Gasteiger partial charge in [0.05, 0.1) is 0 Å². The molecule has 84 valence electrons. The third kappa shape index (κ3) is 2.44. The molecule has 1 heterocycles. The van der Waals surface area contributed by atoms with Gasteiger partial charge in [0.15, 0.2) is 0 Å². The lowest BCUT2D eigenvalue weighted by Crippen LogP contribution is -2.40. The Morgan fingerprint density at radius 2 is 2.07 bits per heavy atom. The van der Waals surface area contributed by atoms with Gasteiger partial charge in [-0.2, -0.15) is 0 Å². The fraction of sp³-hybridized carbons (Fsp3) is 0.625. The van der Waals surface area contributed by atoms with E-state index in [1.807, 2.05) is 0 Å². The predicted octanol–water partition coefficient (Wildman–Crippen LogP) is -1.76. The van der Waals surface area contributed by atoms with Gasteiger partial charge in [-0.3, -0.25) is 9.36 Å². The van der Waals surface area contributed by atoms with Gasteiger partial charge >= 0.3 is 5.69 Å². The van der Waals surface area contributed by atoms with E-state index in [4.69, 9.17) is 5.73 Å². The van der Waals surface area contributed by atoms with E-state index in [0.29, 0.717) is 13.1 Å². The van der Waals surface area contributed by atoms with Crippen LogP contribution >= 0.6 is 0 Å². The highest BCUT2D eigenvalue weighted by atomic mass is 16.2. The zero-order chi connectivity index (χ0) is 11.4. The molecule has 15 heavy (non-hydrogen) atoms. The molecule has 0 saturated heterocycles. The smallest absolute Gasteiger partial charge is 0.346 e. The maximum absolute atomic E-state index is 11.5. The maximum Gasteiger partial charge on any atom is 0.346 e. The van der Waals surface area contributed by atoms with Gasteiger partial charge in [0.25, 0.3) is 5.56 Å². The highest BCUT2D eigenvalue weighted by Gasteiger charge is 2.06. The number of rotatable bonds is 4. The summed E-state index contributed by atoms with van der Waals surface area (Å²) >= 11 is 0. The van der Waals surface area contributed by atoms with Crippen LogP contribution in [0.5, 0.6) is 0 Å². The van der Waals surface area contributed by atoms with E-state index in [-0.39, 0.29) is 5.82 Å². The standard InChI is InChI=1S/C8H15N5O2/c1-12-7(14)6(10-5-3-4-9)11-13(2)8(12)15/h3-5,9H2,1-2H3,(H,10,11). The summed E-state index contributed by atoms with van der Waals surface area (Å²) in [5.41, 5.74) is 4.45. The minimum atomic E-state index is -0.440. The lowest BCUT2D eigenvalue weighted by atomic mass is 10.4. The molecule has 1 aromatic heterocycles. The van der Waals surface area contributed by atoms with Crippen LogP contribution in [0.2, 0.25) is 0 Å². The Kier molecular flexibility index (Phi) is 3.62. The molecule has 0 aliphatic rings. The van der Waals surface area contributed by atoms with Crippen LogP contribution in [-0.2, 0) is 14.1 Å². The predicted molar refractivity (Wildman–Crippen MR) is 56.9 cm³/mol. The minimum Gasteiger partial charge on any atom is -0.364 e. The average molecular weight is 213 g/mol. The molecule has 0 saturated carbocycles. The number of aryl methyl sites for hydroxylation is 1. The Labute approximate surface area is 86.5 Å². The molecule has 0 aliphatic carbocycles. The van der Waals surface area contributed by atoms with Crippen LogP contribution in [0.4, 0.5) is 5.82 Å². The van der Waals surface area contributed by atoms with Gasteiger partial charge in [-0.1, -0.05) is 0 Å². The van der Waals surface area contributed by atoms with E-state index < -0.39 is 11.2 Å². The molecule has 0 spiro atoms. The van der Waals surface area contributed by atoms with Crippen LogP contribution in [0, 0.1) is 0 Å². The van der Waals surface area contributed by atoms with Gasteiger partial charge < -0.3 is 11.1 Å². The molecule has 0 aromatic carbocycles. The number of nitrogens with one attached hydrogen (secondary N) is 1. The fourth-order valence-electron chi connectivity index (χ4n) is 1.12. The van der Waals surface area contributed by atoms with Crippen molar-refractivity contribution in [3.05, 3.63) is 20.8 Å². The van der Waals surface area contributed by atoms with Gasteiger partial charge in [-0.05, 0) is 13.0 Å². The summed E-state index contributed by atoms with van der Waals surface area (Å²) in [6, 6.07) is 0. The Hall–Kier alpha value is -1.63. The van der Waals surface area contributed by atoms with Crippen molar-refractivity contribution in [2.75, 3.05) is 18.4 Å². The summed E-state index contributed by atoms with van der Waals surface area (Å²) in [5, 5.41) is 6.66. The van der Waals surface area contributed by atoms with E-state index in [0.717, 1.165) is 15.7 Å². The number of nitrogens with zero attached hydrogens (tertiary/aromatic N) is 3.